The normalized spacial score (nSPS) is 9.95. The zero-order valence-electron chi connectivity index (χ0n) is 11.3. The molecule has 2 rings (SSSR count). The second kappa shape index (κ2) is 7.59. The Hall–Kier alpha value is -2.37. The fraction of sp³-hybridized carbons (Fsp3) is 0.143. The van der Waals surface area contributed by atoms with Crippen LogP contribution in [-0.4, -0.2) is 34.3 Å². The number of amides is 1. The first kappa shape index (κ1) is 16.0. The first-order valence-electron chi connectivity index (χ1n) is 6.16. The van der Waals surface area contributed by atoms with E-state index in [-0.39, 0.29) is 5.75 Å². The van der Waals surface area contributed by atoms with Crippen molar-refractivity contribution in [2.45, 2.75) is 5.03 Å². The summed E-state index contributed by atoms with van der Waals surface area (Å²) < 4.78 is 0. The first-order chi connectivity index (χ1) is 10.6. The highest BCUT2D eigenvalue weighted by Gasteiger charge is 2.11. The largest absolute Gasteiger partial charge is 0.480 e. The fourth-order valence-corrected chi connectivity index (χ4v) is 3.05. The third-order valence-corrected chi connectivity index (χ3v) is 4.41. The van der Waals surface area contributed by atoms with Gasteiger partial charge in [-0.2, -0.15) is 5.26 Å². The minimum absolute atomic E-state index is 0.00283. The summed E-state index contributed by atoms with van der Waals surface area (Å²) in [4.78, 5) is 27.3. The second-order valence-electron chi connectivity index (χ2n) is 4.10. The van der Waals surface area contributed by atoms with Crippen LogP contribution in [0.4, 0.5) is 0 Å². The molecule has 22 heavy (non-hydrogen) atoms. The van der Waals surface area contributed by atoms with E-state index in [1.54, 1.807) is 12.1 Å². The van der Waals surface area contributed by atoms with Crippen LogP contribution in [0.2, 0.25) is 0 Å². The summed E-state index contributed by atoms with van der Waals surface area (Å²) in [5.74, 6) is -1.52. The van der Waals surface area contributed by atoms with E-state index in [9.17, 15) is 9.59 Å². The average molecular weight is 333 g/mol. The van der Waals surface area contributed by atoms with Crippen LogP contribution < -0.4 is 5.32 Å². The Balaban J connectivity index is 2.09. The number of aromatic nitrogens is 1. The molecule has 2 aromatic rings. The number of thiophene rings is 1. The highest BCUT2D eigenvalue weighted by Crippen LogP contribution is 2.27. The van der Waals surface area contributed by atoms with Crippen molar-refractivity contribution in [1.29, 1.82) is 5.26 Å². The molecule has 0 fully saturated rings. The van der Waals surface area contributed by atoms with Gasteiger partial charge < -0.3 is 10.4 Å². The molecular weight excluding hydrogens is 322 g/mol. The number of rotatable bonds is 6. The topological polar surface area (TPSA) is 103 Å². The molecular formula is C14H11N3O3S2. The highest BCUT2D eigenvalue weighted by molar-refractivity contribution is 8.00. The smallest absolute Gasteiger partial charge is 0.322 e. The molecule has 112 valence electrons. The van der Waals surface area contributed by atoms with Crippen LogP contribution in [0.25, 0.3) is 10.6 Å². The van der Waals surface area contributed by atoms with Crippen LogP contribution in [0.3, 0.4) is 0 Å². The maximum atomic E-state index is 11.5. The van der Waals surface area contributed by atoms with E-state index in [0.717, 1.165) is 22.3 Å². The molecule has 0 unspecified atom stereocenters. The minimum atomic E-state index is -1.10. The van der Waals surface area contributed by atoms with Crippen LogP contribution in [0, 0.1) is 11.3 Å². The van der Waals surface area contributed by atoms with Crippen LogP contribution in [0.15, 0.2) is 34.7 Å². The van der Waals surface area contributed by atoms with E-state index in [1.807, 2.05) is 23.6 Å². The van der Waals surface area contributed by atoms with Crippen LogP contribution >= 0.6 is 23.1 Å². The van der Waals surface area contributed by atoms with Gasteiger partial charge in [0.05, 0.1) is 21.9 Å². The van der Waals surface area contributed by atoms with E-state index < -0.39 is 18.4 Å². The molecule has 2 aromatic heterocycles. The lowest BCUT2D eigenvalue weighted by molar-refractivity contribution is -0.137. The zero-order valence-corrected chi connectivity index (χ0v) is 12.9. The van der Waals surface area contributed by atoms with Gasteiger partial charge in [0.1, 0.15) is 17.6 Å². The number of nitrogens with one attached hydrogen (secondary N) is 1. The molecule has 1 amide bonds. The standard InChI is InChI=1S/C14H11N3O3S2/c15-6-9-3-4-10(11-2-1-5-21-11)17-14(9)22-8-12(18)16-7-13(19)20/h1-5H,7-8H2,(H,16,18)(H,19,20). The molecule has 0 atom stereocenters. The van der Waals surface area contributed by atoms with Crippen molar-refractivity contribution in [2.24, 2.45) is 0 Å². The molecule has 0 aliphatic heterocycles. The van der Waals surface area contributed by atoms with Crippen molar-refractivity contribution < 1.29 is 14.7 Å². The zero-order chi connectivity index (χ0) is 15.9. The third kappa shape index (κ3) is 4.31. The Kier molecular flexibility index (Phi) is 5.52. The summed E-state index contributed by atoms with van der Waals surface area (Å²) in [5, 5.41) is 22.3. The summed E-state index contributed by atoms with van der Waals surface area (Å²) in [6, 6.07) is 9.30. The molecule has 6 nitrogen and oxygen atoms in total. The van der Waals surface area contributed by atoms with Gasteiger partial charge >= 0.3 is 5.97 Å². The van der Waals surface area contributed by atoms with Crippen molar-refractivity contribution >= 4 is 35.0 Å². The van der Waals surface area contributed by atoms with E-state index in [1.165, 1.54) is 11.3 Å². The van der Waals surface area contributed by atoms with Crippen molar-refractivity contribution in [3.8, 4) is 16.6 Å². The molecule has 0 radical (unpaired) electrons. The number of pyridine rings is 1. The molecule has 0 aliphatic carbocycles. The predicted molar refractivity (Wildman–Crippen MR) is 83.6 cm³/mol. The Labute approximate surface area is 134 Å². The van der Waals surface area contributed by atoms with Gasteiger partial charge in [-0.3, -0.25) is 9.59 Å². The van der Waals surface area contributed by atoms with Crippen LogP contribution in [0.1, 0.15) is 5.56 Å². The maximum Gasteiger partial charge on any atom is 0.322 e. The molecule has 0 saturated carbocycles. The first-order valence-corrected chi connectivity index (χ1v) is 8.03. The van der Waals surface area contributed by atoms with Crippen LogP contribution in [0.5, 0.6) is 0 Å². The molecule has 2 heterocycles. The number of thioether (sulfide) groups is 1. The number of hydrogen-bond donors (Lipinski definition) is 2. The Morgan fingerprint density at radius 2 is 2.23 bits per heavy atom. The lowest BCUT2D eigenvalue weighted by Crippen LogP contribution is -2.30. The van der Waals surface area contributed by atoms with Gasteiger partial charge in [0.2, 0.25) is 5.91 Å². The van der Waals surface area contributed by atoms with E-state index >= 15 is 0 Å². The molecule has 2 N–H and O–H groups in total. The van der Waals surface area contributed by atoms with E-state index in [4.69, 9.17) is 10.4 Å². The summed E-state index contributed by atoms with van der Waals surface area (Å²) >= 11 is 2.64. The minimum Gasteiger partial charge on any atom is -0.480 e. The second-order valence-corrected chi connectivity index (χ2v) is 6.01. The van der Waals surface area contributed by atoms with Crippen molar-refractivity contribution in [1.82, 2.24) is 10.3 Å². The maximum absolute atomic E-state index is 11.5. The van der Waals surface area contributed by atoms with Gasteiger partial charge in [0.15, 0.2) is 0 Å². The number of hydrogen-bond acceptors (Lipinski definition) is 6. The van der Waals surface area contributed by atoms with Gasteiger partial charge in [-0.15, -0.1) is 11.3 Å². The van der Waals surface area contributed by atoms with Gasteiger partial charge in [0.25, 0.3) is 0 Å². The van der Waals surface area contributed by atoms with Crippen molar-refractivity contribution in [3.05, 3.63) is 35.2 Å². The molecule has 0 aliphatic rings. The van der Waals surface area contributed by atoms with Crippen molar-refractivity contribution in [3.63, 3.8) is 0 Å². The average Bonchev–Trinajstić information content (AvgIpc) is 3.05. The summed E-state index contributed by atoms with van der Waals surface area (Å²) in [6.07, 6.45) is 0. The highest BCUT2D eigenvalue weighted by atomic mass is 32.2. The monoisotopic (exact) mass is 333 g/mol. The molecule has 0 saturated heterocycles. The van der Waals surface area contributed by atoms with E-state index in [2.05, 4.69) is 10.3 Å². The third-order valence-electron chi connectivity index (χ3n) is 2.53. The molecule has 8 heteroatoms. The number of aliphatic carboxylic acids is 1. The summed E-state index contributed by atoms with van der Waals surface area (Å²) in [6.45, 7) is -0.423. The number of carboxylic acids is 1. The lowest BCUT2D eigenvalue weighted by atomic mass is 10.2. The van der Waals surface area contributed by atoms with Gasteiger partial charge in [-0.05, 0) is 23.6 Å². The number of nitrogens with zero attached hydrogens (tertiary/aromatic N) is 2. The Morgan fingerprint density at radius 1 is 1.41 bits per heavy atom. The van der Waals surface area contributed by atoms with Crippen LogP contribution in [-0.2, 0) is 9.59 Å². The van der Waals surface area contributed by atoms with Crippen molar-refractivity contribution in [2.75, 3.05) is 12.3 Å². The van der Waals surface area contributed by atoms with Gasteiger partial charge in [-0.1, -0.05) is 17.8 Å². The molecule has 0 aromatic carbocycles. The quantitative estimate of drug-likeness (QED) is 0.784. The fourth-order valence-electron chi connectivity index (χ4n) is 1.56. The Morgan fingerprint density at radius 3 is 2.86 bits per heavy atom. The number of carbonyl (C=O) groups excluding carboxylic acids is 1. The van der Waals surface area contributed by atoms with Gasteiger partial charge in [-0.25, -0.2) is 4.98 Å². The number of carbonyl (C=O) groups is 2. The summed E-state index contributed by atoms with van der Waals surface area (Å²) in [7, 11) is 0. The van der Waals surface area contributed by atoms with E-state index in [0.29, 0.717) is 10.6 Å². The van der Waals surface area contributed by atoms with Gasteiger partial charge in [0, 0.05) is 0 Å². The lowest BCUT2D eigenvalue weighted by Gasteiger charge is -2.05. The molecule has 0 spiro atoms. The molecule has 0 bridgehead atoms. The number of nitriles is 1. The summed E-state index contributed by atoms with van der Waals surface area (Å²) in [5.41, 5.74) is 1.12. The number of carboxylic acid groups (broad SMARTS) is 1. The Bertz CT molecular complexity index is 723. The predicted octanol–water partition coefficient (Wildman–Crippen LogP) is 1.97. The SMILES string of the molecule is N#Cc1ccc(-c2cccs2)nc1SCC(=O)NCC(=O)O.